The smallest absolute Gasteiger partial charge is 0.237 e. The van der Waals surface area contributed by atoms with Crippen molar-refractivity contribution in [1.82, 2.24) is 15.6 Å². The zero-order valence-corrected chi connectivity index (χ0v) is 12.7. The van der Waals surface area contributed by atoms with Crippen molar-refractivity contribution in [3.8, 4) is 0 Å². The SMILES string of the molecule is O=C(NCCCc1nc2c(s1)CCCC2)C1CCCN1. The van der Waals surface area contributed by atoms with Crippen LogP contribution in [-0.2, 0) is 24.1 Å². The molecule has 2 heterocycles. The normalized spacial score (nSPS) is 21.7. The Morgan fingerprint density at radius 3 is 3.05 bits per heavy atom. The van der Waals surface area contributed by atoms with Crippen LogP contribution in [0.25, 0.3) is 0 Å². The van der Waals surface area contributed by atoms with Crippen molar-refractivity contribution in [3.05, 3.63) is 15.6 Å². The van der Waals surface area contributed by atoms with Gasteiger partial charge in [-0.05, 0) is 51.5 Å². The molecule has 2 aliphatic rings. The maximum atomic E-state index is 11.8. The summed E-state index contributed by atoms with van der Waals surface area (Å²) in [7, 11) is 0. The van der Waals surface area contributed by atoms with Gasteiger partial charge in [-0.2, -0.15) is 0 Å². The number of nitrogens with one attached hydrogen (secondary N) is 2. The summed E-state index contributed by atoms with van der Waals surface area (Å²) in [6.45, 7) is 1.74. The molecule has 0 saturated carbocycles. The zero-order chi connectivity index (χ0) is 13.8. The van der Waals surface area contributed by atoms with Gasteiger partial charge in [-0.3, -0.25) is 4.79 Å². The number of fused-ring (bicyclic) bond motifs is 1. The predicted octanol–water partition coefficient (Wildman–Crippen LogP) is 1.82. The molecule has 1 aliphatic carbocycles. The summed E-state index contributed by atoms with van der Waals surface area (Å²) in [5, 5.41) is 7.51. The van der Waals surface area contributed by atoms with Crippen LogP contribution in [0.3, 0.4) is 0 Å². The number of thiazole rings is 1. The van der Waals surface area contributed by atoms with E-state index >= 15 is 0 Å². The van der Waals surface area contributed by atoms with E-state index in [1.807, 2.05) is 11.3 Å². The molecule has 1 fully saturated rings. The molecular weight excluding hydrogens is 270 g/mol. The van der Waals surface area contributed by atoms with Crippen molar-refractivity contribution in [1.29, 1.82) is 0 Å². The standard InChI is InChI=1S/C15H23N3OS/c19-15(12-6-3-9-16-12)17-10-4-8-14-18-11-5-1-2-7-13(11)20-14/h12,16H,1-10H2,(H,17,19). The van der Waals surface area contributed by atoms with Crippen molar-refractivity contribution in [2.75, 3.05) is 13.1 Å². The molecule has 1 aromatic heterocycles. The van der Waals surface area contributed by atoms with Crippen molar-refractivity contribution in [3.63, 3.8) is 0 Å². The van der Waals surface area contributed by atoms with E-state index in [0.29, 0.717) is 0 Å². The molecule has 2 N–H and O–H groups in total. The molecule has 1 saturated heterocycles. The molecule has 1 aliphatic heterocycles. The first kappa shape index (κ1) is 14.0. The summed E-state index contributed by atoms with van der Waals surface area (Å²) in [4.78, 5) is 18.1. The number of nitrogens with zero attached hydrogens (tertiary/aromatic N) is 1. The molecule has 5 heteroatoms. The Kier molecular flexibility index (Phi) is 4.68. The number of aryl methyl sites for hydroxylation is 3. The van der Waals surface area contributed by atoms with Gasteiger partial charge in [0.05, 0.1) is 16.7 Å². The third-order valence-electron chi connectivity index (χ3n) is 4.13. The highest BCUT2D eigenvalue weighted by molar-refractivity contribution is 7.11. The summed E-state index contributed by atoms with van der Waals surface area (Å²) >= 11 is 1.88. The molecule has 4 nitrogen and oxygen atoms in total. The quantitative estimate of drug-likeness (QED) is 0.814. The third-order valence-corrected chi connectivity index (χ3v) is 5.35. The third kappa shape index (κ3) is 3.38. The fourth-order valence-electron chi connectivity index (χ4n) is 3.00. The summed E-state index contributed by atoms with van der Waals surface area (Å²) in [5.41, 5.74) is 1.34. The van der Waals surface area contributed by atoms with E-state index in [1.165, 1.54) is 34.8 Å². The Balaban J connectivity index is 1.39. The summed E-state index contributed by atoms with van der Waals surface area (Å²) in [5.74, 6) is 0.168. The minimum Gasteiger partial charge on any atom is -0.355 e. The number of aromatic nitrogens is 1. The Bertz CT molecular complexity index is 442. The number of rotatable bonds is 5. The van der Waals surface area contributed by atoms with Gasteiger partial charge in [-0.15, -0.1) is 11.3 Å². The second-order valence-corrected chi connectivity index (χ2v) is 6.90. The van der Waals surface area contributed by atoms with E-state index in [2.05, 4.69) is 10.6 Å². The average molecular weight is 293 g/mol. The molecule has 20 heavy (non-hydrogen) atoms. The minimum absolute atomic E-state index is 0.0437. The van der Waals surface area contributed by atoms with Gasteiger partial charge in [0.2, 0.25) is 5.91 Å². The fraction of sp³-hybridized carbons (Fsp3) is 0.733. The van der Waals surface area contributed by atoms with E-state index in [1.54, 1.807) is 0 Å². The highest BCUT2D eigenvalue weighted by Crippen LogP contribution is 2.27. The lowest BCUT2D eigenvalue weighted by molar-refractivity contribution is -0.122. The number of hydrogen-bond donors (Lipinski definition) is 2. The average Bonchev–Trinajstić information content (AvgIpc) is 3.11. The van der Waals surface area contributed by atoms with Crippen LogP contribution in [0.5, 0.6) is 0 Å². The van der Waals surface area contributed by atoms with Gasteiger partial charge >= 0.3 is 0 Å². The summed E-state index contributed by atoms with van der Waals surface area (Å²) in [6.07, 6.45) is 9.07. The van der Waals surface area contributed by atoms with Crippen LogP contribution < -0.4 is 10.6 Å². The topological polar surface area (TPSA) is 54.0 Å². The van der Waals surface area contributed by atoms with E-state index in [-0.39, 0.29) is 11.9 Å². The lowest BCUT2D eigenvalue weighted by Crippen LogP contribution is -2.40. The van der Waals surface area contributed by atoms with Crippen molar-refractivity contribution >= 4 is 17.2 Å². The van der Waals surface area contributed by atoms with Crippen LogP contribution in [-0.4, -0.2) is 30.0 Å². The predicted molar refractivity (Wildman–Crippen MR) is 81.1 cm³/mol. The maximum absolute atomic E-state index is 11.8. The fourth-order valence-corrected chi connectivity index (χ4v) is 4.19. The van der Waals surface area contributed by atoms with Crippen LogP contribution in [0.2, 0.25) is 0 Å². The van der Waals surface area contributed by atoms with Crippen molar-refractivity contribution in [2.24, 2.45) is 0 Å². The lowest BCUT2D eigenvalue weighted by atomic mass is 10.0. The van der Waals surface area contributed by atoms with Gasteiger partial charge in [0, 0.05) is 17.8 Å². The van der Waals surface area contributed by atoms with Gasteiger partial charge in [0.25, 0.3) is 0 Å². The number of carbonyl (C=O) groups excluding carboxylic acids is 1. The zero-order valence-electron chi connectivity index (χ0n) is 11.9. The van der Waals surface area contributed by atoms with Gasteiger partial charge in [-0.1, -0.05) is 0 Å². The second-order valence-electron chi connectivity index (χ2n) is 5.73. The number of carbonyl (C=O) groups is 1. The molecule has 0 radical (unpaired) electrons. The first-order valence-corrected chi connectivity index (χ1v) is 8.63. The van der Waals surface area contributed by atoms with Gasteiger partial charge < -0.3 is 10.6 Å². The highest BCUT2D eigenvalue weighted by Gasteiger charge is 2.21. The van der Waals surface area contributed by atoms with Crippen LogP contribution in [0.1, 0.15) is 47.7 Å². The van der Waals surface area contributed by atoms with E-state index in [0.717, 1.165) is 45.2 Å². The van der Waals surface area contributed by atoms with E-state index < -0.39 is 0 Å². The van der Waals surface area contributed by atoms with Gasteiger partial charge in [-0.25, -0.2) is 4.98 Å². The maximum Gasteiger partial charge on any atom is 0.237 e. The second kappa shape index (κ2) is 6.68. The molecule has 0 bridgehead atoms. The molecule has 110 valence electrons. The molecule has 1 aromatic rings. The number of amides is 1. The van der Waals surface area contributed by atoms with Gasteiger partial charge in [0.15, 0.2) is 0 Å². The Morgan fingerprint density at radius 1 is 1.35 bits per heavy atom. The van der Waals surface area contributed by atoms with Crippen LogP contribution in [0.4, 0.5) is 0 Å². The first-order valence-electron chi connectivity index (χ1n) is 7.81. The molecule has 3 rings (SSSR count). The molecule has 0 spiro atoms. The minimum atomic E-state index is 0.0437. The highest BCUT2D eigenvalue weighted by atomic mass is 32.1. The lowest BCUT2D eigenvalue weighted by Gasteiger charge is -2.10. The van der Waals surface area contributed by atoms with Crippen molar-refractivity contribution < 1.29 is 4.79 Å². The molecule has 1 atom stereocenters. The first-order chi connectivity index (χ1) is 9.83. The molecular formula is C15H23N3OS. The largest absolute Gasteiger partial charge is 0.355 e. The Hall–Kier alpha value is -0.940. The van der Waals surface area contributed by atoms with E-state index in [9.17, 15) is 4.79 Å². The van der Waals surface area contributed by atoms with Crippen molar-refractivity contribution in [2.45, 2.75) is 57.4 Å². The summed E-state index contributed by atoms with van der Waals surface area (Å²) < 4.78 is 0. The van der Waals surface area contributed by atoms with Crippen LogP contribution in [0, 0.1) is 0 Å². The number of hydrogen-bond acceptors (Lipinski definition) is 4. The van der Waals surface area contributed by atoms with Gasteiger partial charge in [0.1, 0.15) is 0 Å². The summed E-state index contributed by atoms with van der Waals surface area (Å²) in [6, 6.07) is 0.0437. The van der Waals surface area contributed by atoms with Crippen LogP contribution in [0.15, 0.2) is 0 Å². The van der Waals surface area contributed by atoms with E-state index in [4.69, 9.17) is 4.98 Å². The Labute approximate surface area is 124 Å². The van der Waals surface area contributed by atoms with Crippen LogP contribution >= 0.6 is 11.3 Å². The molecule has 1 amide bonds. The molecule has 0 aromatic carbocycles. The Morgan fingerprint density at radius 2 is 2.25 bits per heavy atom. The molecule has 1 unspecified atom stereocenters. The monoisotopic (exact) mass is 293 g/mol.